The predicted octanol–water partition coefficient (Wildman–Crippen LogP) is 1.74. The normalized spacial score (nSPS) is 25.7. The molecule has 3 unspecified atom stereocenters. The molecule has 212 valence electrons. The molecule has 2 aliphatic heterocycles. The third kappa shape index (κ3) is 7.77. The van der Waals surface area contributed by atoms with Crippen molar-refractivity contribution in [2.24, 2.45) is 11.8 Å². The first-order chi connectivity index (χ1) is 18.1. The van der Waals surface area contributed by atoms with E-state index in [-0.39, 0.29) is 30.2 Å². The lowest BCUT2D eigenvalue weighted by atomic mass is 9.81. The number of rotatable bonds is 7. The average molecular weight is 554 g/mol. The maximum Gasteiger partial charge on any atom is 0.466 e. The van der Waals surface area contributed by atoms with Crippen LogP contribution < -0.4 is 9.64 Å². The number of aliphatic hydroxyl groups excluding tert-OH is 1. The Kier molecular flexibility index (Phi) is 9.84. The van der Waals surface area contributed by atoms with Crippen LogP contribution in [0.1, 0.15) is 51.4 Å². The summed E-state index contributed by atoms with van der Waals surface area (Å²) < 4.78 is 15.2. The number of hydrogen-bond donors (Lipinski definition) is 4. The summed E-state index contributed by atoms with van der Waals surface area (Å²) in [5.41, 5.74) is 1.15. The summed E-state index contributed by atoms with van der Waals surface area (Å²) in [6.07, 6.45) is 8.10. The van der Waals surface area contributed by atoms with E-state index in [4.69, 9.17) is 24.0 Å². The van der Waals surface area contributed by atoms with Crippen molar-refractivity contribution in [3.05, 3.63) is 24.3 Å². The highest BCUT2D eigenvalue weighted by Crippen LogP contribution is 2.38. The lowest BCUT2D eigenvalue weighted by Crippen LogP contribution is -2.50. The second-order valence-corrected chi connectivity index (χ2v) is 11.8. The van der Waals surface area contributed by atoms with Gasteiger partial charge >= 0.3 is 7.82 Å². The van der Waals surface area contributed by atoms with Gasteiger partial charge in [0.1, 0.15) is 5.75 Å². The van der Waals surface area contributed by atoms with Crippen molar-refractivity contribution in [1.82, 2.24) is 9.80 Å². The summed E-state index contributed by atoms with van der Waals surface area (Å²) in [5.74, 6) is 0.562. The molecular formula is C26H40N3O8P. The SMILES string of the molecule is O=C1C2CCCCC2C(=O)N1CC(O)CN1CCN(c2ccccc2OC2CCCC2)CC1.O=P(O)(O)O. The maximum absolute atomic E-state index is 12.7. The van der Waals surface area contributed by atoms with Crippen LogP contribution >= 0.6 is 7.82 Å². The molecule has 12 heteroatoms. The van der Waals surface area contributed by atoms with Gasteiger partial charge in [0, 0.05) is 32.7 Å². The van der Waals surface area contributed by atoms with Gasteiger partial charge in [0.25, 0.3) is 0 Å². The summed E-state index contributed by atoms with van der Waals surface area (Å²) in [7, 11) is -4.64. The van der Waals surface area contributed by atoms with Gasteiger partial charge in [0.2, 0.25) is 11.8 Å². The van der Waals surface area contributed by atoms with Gasteiger partial charge in [-0.3, -0.25) is 19.4 Å². The van der Waals surface area contributed by atoms with E-state index in [1.54, 1.807) is 0 Å². The predicted molar refractivity (Wildman–Crippen MR) is 140 cm³/mol. The Labute approximate surface area is 223 Å². The highest BCUT2D eigenvalue weighted by atomic mass is 31.2. The molecule has 2 saturated heterocycles. The van der Waals surface area contributed by atoms with Gasteiger partial charge in [-0.25, -0.2) is 4.57 Å². The number of aliphatic hydroxyl groups is 1. The molecule has 4 N–H and O–H groups in total. The van der Waals surface area contributed by atoms with Crippen molar-refractivity contribution < 1.29 is 38.7 Å². The van der Waals surface area contributed by atoms with E-state index in [0.717, 1.165) is 76.1 Å². The number of hydrogen-bond acceptors (Lipinski definition) is 7. The van der Waals surface area contributed by atoms with Crippen LogP contribution in [-0.2, 0) is 14.2 Å². The first kappa shape index (κ1) is 29.0. The summed E-state index contributed by atoms with van der Waals surface area (Å²) in [5, 5.41) is 10.7. The molecule has 4 fully saturated rings. The highest BCUT2D eigenvalue weighted by Gasteiger charge is 2.48. The number of para-hydroxylation sites is 2. The maximum atomic E-state index is 12.7. The lowest BCUT2D eigenvalue weighted by Gasteiger charge is -2.38. The number of nitrogens with zero attached hydrogens (tertiary/aromatic N) is 3. The van der Waals surface area contributed by atoms with Gasteiger partial charge in [-0.05, 0) is 50.7 Å². The van der Waals surface area contributed by atoms with Gasteiger partial charge in [0.05, 0.1) is 36.3 Å². The molecule has 1 aromatic rings. The Morgan fingerprint density at radius 1 is 0.842 bits per heavy atom. The first-order valence-electron chi connectivity index (χ1n) is 13.6. The molecule has 3 atom stereocenters. The molecular weight excluding hydrogens is 513 g/mol. The number of carbonyl (C=O) groups is 2. The summed E-state index contributed by atoms with van der Waals surface area (Å²) in [6.45, 7) is 4.01. The van der Waals surface area contributed by atoms with Gasteiger partial charge in [-0.1, -0.05) is 25.0 Å². The molecule has 1 aromatic carbocycles. The van der Waals surface area contributed by atoms with Crippen LogP contribution in [0.5, 0.6) is 5.75 Å². The number of carbonyl (C=O) groups excluding carboxylic acids is 2. The zero-order valence-electron chi connectivity index (χ0n) is 21.7. The van der Waals surface area contributed by atoms with Crippen molar-refractivity contribution in [2.75, 3.05) is 44.2 Å². The highest BCUT2D eigenvalue weighted by molar-refractivity contribution is 7.45. The zero-order valence-corrected chi connectivity index (χ0v) is 22.6. The number of ether oxygens (including phenoxy) is 1. The third-order valence-corrected chi connectivity index (χ3v) is 7.97. The number of phosphoric acid groups is 1. The fourth-order valence-corrected chi connectivity index (χ4v) is 6.15. The average Bonchev–Trinajstić information content (AvgIpc) is 3.47. The largest absolute Gasteiger partial charge is 0.488 e. The smallest absolute Gasteiger partial charge is 0.466 e. The molecule has 2 heterocycles. The zero-order chi connectivity index (χ0) is 27.3. The number of imide groups is 1. The van der Waals surface area contributed by atoms with E-state index < -0.39 is 13.9 Å². The van der Waals surface area contributed by atoms with Crippen LogP contribution in [-0.4, -0.2) is 92.9 Å². The number of likely N-dealkylation sites (tertiary alicyclic amines) is 1. The molecule has 2 aliphatic carbocycles. The van der Waals surface area contributed by atoms with Crippen molar-refractivity contribution >= 4 is 25.3 Å². The number of amides is 2. The number of fused-ring (bicyclic) bond motifs is 1. The van der Waals surface area contributed by atoms with Crippen LogP contribution in [0.3, 0.4) is 0 Å². The van der Waals surface area contributed by atoms with Gasteiger partial charge in [-0.15, -0.1) is 0 Å². The fraction of sp³-hybridized carbons (Fsp3) is 0.692. The number of benzene rings is 1. The molecule has 0 radical (unpaired) electrons. The van der Waals surface area contributed by atoms with Crippen LogP contribution in [0.2, 0.25) is 0 Å². The molecule has 5 rings (SSSR count). The summed E-state index contributed by atoms with van der Waals surface area (Å²) >= 11 is 0. The summed E-state index contributed by atoms with van der Waals surface area (Å²) in [4.78, 5) is 52.9. The third-order valence-electron chi connectivity index (χ3n) is 7.97. The van der Waals surface area contributed by atoms with Gasteiger partial charge in [0.15, 0.2) is 0 Å². The minimum Gasteiger partial charge on any atom is -0.488 e. The molecule has 38 heavy (non-hydrogen) atoms. The van der Waals surface area contributed by atoms with E-state index in [0.29, 0.717) is 12.6 Å². The number of β-amino-alcohol motifs (C(OH)–C–C–N with tert-alkyl or cyclic N) is 1. The number of anilines is 1. The van der Waals surface area contributed by atoms with E-state index in [2.05, 4.69) is 28.0 Å². The standard InChI is InChI=1S/C26H37N3O4.H3O4P/c30-19(18-29-25(31)21-9-3-4-10-22(21)26(29)32)17-27-13-15-28(16-14-27)23-11-5-6-12-24(23)33-20-7-1-2-8-20;1-5(2,3)4/h5-6,11-12,19-22,30H,1-4,7-10,13-18H2;(H3,1,2,3,4). The first-order valence-corrected chi connectivity index (χ1v) is 15.2. The van der Waals surface area contributed by atoms with Gasteiger partial charge < -0.3 is 29.4 Å². The minimum absolute atomic E-state index is 0.0626. The second kappa shape index (κ2) is 12.9. The molecule has 11 nitrogen and oxygen atoms in total. The molecule has 4 aliphatic rings. The minimum atomic E-state index is -4.64. The molecule has 0 spiro atoms. The van der Waals surface area contributed by atoms with Crippen LogP contribution in [0.15, 0.2) is 24.3 Å². The second-order valence-electron chi connectivity index (χ2n) is 10.7. The Balaban J connectivity index is 0.000000617. The molecule has 0 bridgehead atoms. The Morgan fingerprint density at radius 3 is 1.95 bits per heavy atom. The Morgan fingerprint density at radius 2 is 1.37 bits per heavy atom. The van der Waals surface area contributed by atoms with Crippen molar-refractivity contribution in [3.63, 3.8) is 0 Å². The van der Waals surface area contributed by atoms with Crippen LogP contribution in [0.25, 0.3) is 0 Å². The van der Waals surface area contributed by atoms with Crippen LogP contribution in [0, 0.1) is 11.8 Å². The van der Waals surface area contributed by atoms with Crippen molar-refractivity contribution in [2.45, 2.75) is 63.6 Å². The van der Waals surface area contributed by atoms with E-state index in [9.17, 15) is 14.7 Å². The van der Waals surface area contributed by atoms with Crippen molar-refractivity contribution in [3.8, 4) is 5.75 Å². The van der Waals surface area contributed by atoms with E-state index >= 15 is 0 Å². The Hall–Kier alpha value is -2.01. The van der Waals surface area contributed by atoms with Crippen molar-refractivity contribution in [1.29, 1.82) is 0 Å². The lowest BCUT2D eigenvalue weighted by molar-refractivity contribution is -0.141. The number of piperazine rings is 1. The van der Waals surface area contributed by atoms with Gasteiger partial charge in [-0.2, -0.15) is 0 Å². The monoisotopic (exact) mass is 553 g/mol. The summed E-state index contributed by atoms with van der Waals surface area (Å²) in [6, 6.07) is 8.32. The van der Waals surface area contributed by atoms with Crippen LogP contribution in [0.4, 0.5) is 5.69 Å². The van der Waals surface area contributed by atoms with E-state index in [1.807, 2.05) is 6.07 Å². The Bertz CT molecular complexity index is 974. The topological polar surface area (TPSA) is 151 Å². The van der Waals surface area contributed by atoms with E-state index in [1.165, 1.54) is 17.7 Å². The molecule has 2 saturated carbocycles. The fourth-order valence-electron chi connectivity index (χ4n) is 6.15. The molecule has 2 amide bonds. The quantitative estimate of drug-likeness (QED) is 0.290. The molecule has 0 aromatic heterocycles.